The zero-order valence-corrected chi connectivity index (χ0v) is 16.6. The Balaban J connectivity index is 0.00000264. The van der Waals surface area contributed by atoms with Crippen LogP contribution in [0.1, 0.15) is 25.6 Å². The van der Waals surface area contributed by atoms with Crippen LogP contribution >= 0.6 is 24.0 Å². The number of guanidine groups is 1. The van der Waals surface area contributed by atoms with E-state index in [9.17, 15) is 0 Å². The monoisotopic (exact) mass is 438 g/mol. The molecular weight excluding hydrogens is 411 g/mol. The molecule has 0 amide bonds. The van der Waals surface area contributed by atoms with Crippen LogP contribution in [0.15, 0.2) is 9.52 Å². The average molecular weight is 438 g/mol. The van der Waals surface area contributed by atoms with Crippen molar-refractivity contribution in [3.63, 3.8) is 0 Å². The summed E-state index contributed by atoms with van der Waals surface area (Å²) >= 11 is 0. The summed E-state index contributed by atoms with van der Waals surface area (Å²) in [5, 5.41) is 10.4. The van der Waals surface area contributed by atoms with Gasteiger partial charge in [0.2, 0.25) is 5.89 Å². The van der Waals surface area contributed by atoms with Crippen molar-refractivity contribution in [2.75, 3.05) is 39.9 Å². The number of ether oxygens (including phenoxy) is 1. The predicted molar refractivity (Wildman–Crippen MR) is 99.1 cm³/mol. The van der Waals surface area contributed by atoms with Crippen LogP contribution in [0.4, 0.5) is 0 Å². The number of rotatable bonds is 5. The maximum atomic E-state index is 5.41. The Kier molecular flexibility index (Phi) is 8.20. The van der Waals surface area contributed by atoms with Crippen LogP contribution in [-0.4, -0.2) is 66.4 Å². The highest BCUT2D eigenvalue weighted by Crippen LogP contribution is 2.14. The molecule has 0 aliphatic carbocycles. The zero-order valence-electron chi connectivity index (χ0n) is 14.3. The third kappa shape index (κ3) is 6.22. The smallest absolute Gasteiger partial charge is 0.223 e. The number of aliphatic imine (C=N–C) groups is 1. The van der Waals surface area contributed by atoms with Crippen molar-refractivity contribution in [1.29, 1.82) is 0 Å². The van der Waals surface area contributed by atoms with Crippen molar-refractivity contribution in [3.8, 4) is 0 Å². The van der Waals surface area contributed by atoms with Crippen LogP contribution in [0.5, 0.6) is 0 Å². The van der Waals surface area contributed by atoms with Crippen molar-refractivity contribution in [2.45, 2.75) is 32.9 Å². The summed E-state index contributed by atoms with van der Waals surface area (Å²) in [5.41, 5.74) is 0.0319. The van der Waals surface area contributed by atoms with Gasteiger partial charge >= 0.3 is 0 Å². The fourth-order valence-corrected chi connectivity index (χ4v) is 2.38. The topological polar surface area (TPSA) is 87.8 Å². The minimum Gasteiger partial charge on any atom is -0.379 e. The Morgan fingerprint density at radius 2 is 2.00 bits per heavy atom. The van der Waals surface area contributed by atoms with Gasteiger partial charge in [0.15, 0.2) is 11.8 Å². The zero-order chi connectivity index (χ0) is 16.0. The summed E-state index contributed by atoms with van der Waals surface area (Å²) in [4.78, 5) is 10.8. The highest BCUT2D eigenvalue weighted by atomic mass is 127. The van der Waals surface area contributed by atoms with E-state index in [4.69, 9.17) is 9.26 Å². The van der Waals surface area contributed by atoms with Crippen LogP contribution in [0.25, 0.3) is 0 Å². The van der Waals surface area contributed by atoms with E-state index in [1.165, 1.54) is 0 Å². The first-order chi connectivity index (χ1) is 10.5. The molecular formula is C14H27IN6O2. The highest BCUT2D eigenvalue weighted by Gasteiger charge is 2.28. The first kappa shape index (κ1) is 20.1. The van der Waals surface area contributed by atoms with Crippen LogP contribution < -0.4 is 10.6 Å². The molecule has 0 unspecified atom stereocenters. The van der Waals surface area contributed by atoms with E-state index in [1.54, 1.807) is 14.0 Å². The molecule has 2 heterocycles. The van der Waals surface area contributed by atoms with Gasteiger partial charge in [-0.05, 0) is 13.8 Å². The number of aryl methyl sites for hydroxylation is 1. The normalized spacial score (nSPS) is 16.8. The van der Waals surface area contributed by atoms with Gasteiger partial charge in [-0.25, -0.2) is 0 Å². The second-order valence-electron chi connectivity index (χ2n) is 5.92. The van der Waals surface area contributed by atoms with Crippen LogP contribution in [0.3, 0.4) is 0 Å². The Labute approximate surface area is 154 Å². The van der Waals surface area contributed by atoms with Crippen molar-refractivity contribution in [2.24, 2.45) is 4.99 Å². The summed E-state index contributed by atoms with van der Waals surface area (Å²) in [5.74, 6) is 1.91. The summed E-state index contributed by atoms with van der Waals surface area (Å²) in [6.07, 6.45) is 0. The van der Waals surface area contributed by atoms with E-state index in [0.717, 1.165) is 38.8 Å². The van der Waals surface area contributed by atoms with Crippen LogP contribution in [-0.2, 0) is 11.3 Å². The third-order valence-corrected chi connectivity index (χ3v) is 3.76. The molecule has 2 rings (SSSR count). The first-order valence-corrected chi connectivity index (χ1v) is 7.58. The molecule has 9 heteroatoms. The van der Waals surface area contributed by atoms with Crippen molar-refractivity contribution in [3.05, 3.63) is 11.7 Å². The van der Waals surface area contributed by atoms with E-state index in [2.05, 4.69) is 44.5 Å². The second kappa shape index (κ2) is 9.38. The molecule has 8 nitrogen and oxygen atoms in total. The lowest BCUT2D eigenvalue weighted by Gasteiger charge is -2.41. The molecule has 0 saturated carbocycles. The number of nitrogens with one attached hydrogen (secondary N) is 2. The first-order valence-electron chi connectivity index (χ1n) is 7.58. The van der Waals surface area contributed by atoms with Crippen molar-refractivity contribution < 1.29 is 9.26 Å². The molecule has 23 heavy (non-hydrogen) atoms. The maximum Gasteiger partial charge on any atom is 0.223 e. The summed E-state index contributed by atoms with van der Waals surface area (Å²) in [6, 6.07) is 0. The summed E-state index contributed by atoms with van der Waals surface area (Å²) < 4.78 is 10.4. The molecule has 0 radical (unpaired) electrons. The molecule has 0 atom stereocenters. The molecule has 0 bridgehead atoms. The molecule has 1 aromatic rings. The second-order valence-corrected chi connectivity index (χ2v) is 5.92. The van der Waals surface area contributed by atoms with Gasteiger partial charge in [-0.1, -0.05) is 5.16 Å². The van der Waals surface area contributed by atoms with Gasteiger partial charge in [0.1, 0.15) is 0 Å². The minimum atomic E-state index is 0. The van der Waals surface area contributed by atoms with E-state index >= 15 is 0 Å². The Bertz CT molecular complexity index is 499. The van der Waals surface area contributed by atoms with Gasteiger partial charge in [0.05, 0.1) is 19.8 Å². The largest absolute Gasteiger partial charge is 0.379 e. The fourth-order valence-electron chi connectivity index (χ4n) is 2.38. The highest BCUT2D eigenvalue weighted by molar-refractivity contribution is 14.0. The molecule has 132 valence electrons. The van der Waals surface area contributed by atoms with Gasteiger partial charge in [0, 0.05) is 39.1 Å². The summed E-state index contributed by atoms with van der Waals surface area (Å²) in [6.45, 7) is 11.0. The number of morpholine rings is 1. The number of halogens is 1. The lowest BCUT2D eigenvalue weighted by molar-refractivity contribution is -0.00834. The Morgan fingerprint density at radius 1 is 1.30 bits per heavy atom. The lowest BCUT2D eigenvalue weighted by atomic mass is 10.0. The van der Waals surface area contributed by atoms with Crippen molar-refractivity contribution >= 4 is 29.9 Å². The fraction of sp³-hybridized carbons (Fsp3) is 0.786. The number of aromatic nitrogens is 2. The van der Waals surface area contributed by atoms with E-state index in [1.807, 2.05) is 0 Å². The number of hydrogen-bond acceptors (Lipinski definition) is 6. The van der Waals surface area contributed by atoms with Gasteiger partial charge < -0.3 is 19.9 Å². The molecule has 2 N–H and O–H groups in total. The third-order valence-electron chi connectivity index (χ3n) is 3.76. The van der Waals surface area contributed by atoms with Gasteiger partial charge in [-0.2, -0.15) is 4.98 Å². The standard InChI is InChI=1S/C14H26N6O2.HI/c1-11-18-12(19-22-11)9-16-13(15-4)17-10-14(2,3)20-5-7-21-8-6-20;/h5-10H2,1-4H3,(H2,15,16,17);1H. The Morgan fingerprint density at radius 3 is 2.57 bits per heavy atom. The predicted octanol–water partition coefficient (Wildman–Crippen LogP) is 0.772. The van der Waals surface area contributed by atoms with Gasteiger partial charge in [-0.15, -0.1) is 24.0 Å². The Hall–Kier alpha value is -0.940. The molecule has 0 spiro atoms. The van der Waals surface area contributed by atoms with Gasteiger partial charge in [-0.3, -0.25) is 9.89 Å². The minimum absolute atomic E-state index is 0. The molecule has 1 aromatic heterocycles. The molecule has 1 aliphatic rings. The van der Waals surface area contributed by atoms with E-state index in [-0.39, 0.29) is 29.5 Å². The lowest BCUT2D eigenvalue weighted by Crippen LogP contribution is -2.56. The number of hydrogen-bond donors (Lipinski definition) is 2. The van der Waals surface area contributed by atoms with Crippen LogP contribution in [0.2, 0.25) is 0 Å². The SMILES string of the molecule is CN=C(NCc1noc(C)n1)NCC(C)(C)N1CCOCC1.I. The van der Waals surface area contributed by atoms with E-state index in [0.29, 0.717) is 18.3 Å². The molecule has 0 aromatic carbocycles. The average Bonchev–Trinajstić information content (AvgIpc) is 2.94. The quantitative estimate of drug-likeness (QED) is 0.399. The van der Waals surface area contributed by atoms with Gasteiger partial charge in [0.25, 0.3) is 0 Å². The maximum absolute atomic E-state index is 5.41. The molecule has 1 saturated heterocycles. The van der Waals surface area contributed by atoms with E-state index < -0.39 is 0 Å². The molecule has 1 aliphatic heterocycles. The number of nitrogens with zero attached hydrogens (tertiary/aromatic N) is 4. The van der Waals surface area contributed by atoms with Crippen LogP contribution in [0, 0.1) is 6.92 Å². The van der Waals surface area contributed by atoms with Crippen molar-refractivity contribution in [1.82, 2.24) is 25.7 Å². The summed E-state index contributed by atoms with van der Waals surface area (Å²) in [7, 11) is 1.75. The molecule has 1 fully saturated rings.